The van der Waals surface area contributed by atoms with E-state index in [9.17, 15) is 14.4 Å². The zero-order valence-electron chi connectivity index (χ0n) is 10.9. The van der Waals surface area contributed by atoms with Gasteiger partial charge in [-0.05, 0) is 24.3 Å². The number of carboxylic acid groups (broad SMARTS) is 1. The number of fused-ring (bicyclic) bond motifs is 1. The van der Waals surface area contributed by atoms with Gasteiger partial charge in [-0.3, -0.25) is 20.0 Å². The van der Waals surface area contributed by atoms with E-state index in [4.69, 9.17) is 5.11 Å². The van der Waals surface area contributed by atoms with Gasteiger partial charge >= 0.3 is 12.0 Å². The van der Waals surface area contributed by atoms with Crippen molar-refractivity contribution in [2.45, 2.75) is 6.42 Å². The molecule has 1 aromatic carbocycles. The second kappa shape index (κ2) is 4.86. The number of hydrogen-bond donors (Lipinski definition) is 2. The van der Waals surface area contributed by atoms with Crippen LogP contribution in [0.5, 0.6) is 0 Å². The topological polar surface area (TPSA) is 99.6 Å². The van der Waals surface area contributed by atoms with Crippen molar-refractivity contribution < 1.29 is 19.5 Å². The first-order valence-corrected chi connectivity index (χ1v) is 6.29. The molecule has 3 amide bonds. The van der Waals surface area contributed by atoms with Crippen molar-refractivity contribution >= 4 is 34.5 Å². The maximum absolute atomic E-state index is 11.8. The van der Waals surface area contributed by atoms with Gasteiger partial charge in [0.15, 0.2) is 0 Å². The van der Waals surface area contributed by atoms with Crippen LogP contribution in [0.3, 0.4) is 0 Å². The Balaban J connectivity index is 2.01. The van der Waals surface area contributed by atoms with Crippen LogP contribution in [0.2, 0.25) is 0 Å². The standard InChI is InChI=1S/C14H11N3O4/c18-12-3-4-17(14(21)16-12)10-1-2-11-8(6-10)5-9(7-15-11)13(19)20/h1-2,5-7H,3-4H2,(H,19,20)(H,16,18,21). The van der Waals surface area contributed by atoms with Gasteiger partial charge < -0.3 is 5.11 Å². The lowest BCUT2D eigenvalue weighted by molar-refractivity contribution is -0.120. The van der Waals surface area contributed by atoms with E-state index in [2.05, 4.69) is 10.3 Å². The summed E-state index contributed by atoms with van der Waals surface area (Å²) in [6, 6.07) is 6.13. The number of urea groups is 1. The molecule has 0 saturated carbocycles. The van der Waals surface area contributed by atoms with E-state index in [1.165, 1.54) is 17.2 Å². The van der Waals surface area contributed by atoms with E-state index >= 15 is 0 Å². The Morgan fingerprint density at radius 1 is 1.29 bits per heavy atom. The Hall–Kier alpha value is -2.96. The Bertz CT molecular complexity index is 772. The zero-order valence-corrected chi connectivity index (χ0v) is 10.9. The summed E-state index contributed by atoms with van der Waals surface area (Å²) in [6.07, 6.45) is 1.52. The van der Waals surface area contributed by atoms with Crippen LogP contribution in [0, 0.1) is 0 Å². The van der Waals surface area contributed by atoms with E-state index in [1.807, 2.05) is 0 Å². The summed E-state index contributed by atoms with van der Waals surface area (Å²) in [7, 11) is 0. The number of nitrogens with zero attached hydrogens (tertiary/aromatic N) is 2. The maximum Gasteiger partial charge on any atom is 0.337 e. The van der Waals surface area contributed by atoms with Gasteiger partial charge in [0.05, 0.1) is 11.1 Å². The van der Waals surface area contributed by atoms with Crippen molar-refractivity contribution in [3.05, 3.63) is 36.0 Å². The zero-order chi connectivity index (χ0) is 15.0. The number of carboxylic acids is 1. The average Bonchev–Trinajstić information content (AvgIpc) is 2.46. The molecular formula is C14H11N3O4. The molecule has 0 bridgehead atoms. The van der Waals surface area contributed by atoms with Crippen LogP contribution < -0.4 is 10.2 Å². The third-order valence-corrected chi connectivity index (χ3v) is 3.28. The molecule has 7 nitrogen and oxygen atoms in total. The molecule has 0 atom stereocenters. The molecule has 2 aromatic rings. The number of amides is 3. The second-order valence-corrected chi connectivity index (χ2v) is 4.66. The van der Waals surface area contributed by atoms with Gasteiger partial charge in [0.1, 0.15) is 0 Å². The molecule has 1 aliphatic heterocycles. The van der Waals surface area contributed by atoms with Crippen LogP contribution in [-0.4, -0.2) is 34.5 Å². The minimum atomic E-state index is -1.06. The van der Waals surface area contributed by atoms with Crippen molar-refractivity contribution in [1.29, 1.82) is 0 Å². The first-order chi connectivity index (χ1) is 10.0. The Morgan fingerprint density at radius 2 is 2.10 bits per heavy atom. The van der Waals surface area contributed by atoms with Crippen LogP contribution in [0.25, 0.3) is 10.9 Å². The van der Waals surface area contributed by atoms with Crippen molar-refractivity contribution in [3.8, 4) is 0 Å². The average molecular weight is 285 g/mol. The first kappa shape index (κ1) is 13.0. The number of carbonyl (C=O) groups excluding carboxylic acids is 2. The van der Waals surface area contributed by atoms with Gasteiger partial charge in [-0.15, -0.1) is 0 Å². The molecule has 1 saturated heterocycles. The van der Waals surface area contributed by atoms with Gasteiger partial charge in [-0.1, -0.05) is 0 Å². The summed E-state index contributed by atoms with van der Waals surface area (Å²) >= 11 is 0. The van der Waals surface area contributed by atoms with E-state index in [-0.39, 0.29) is 17.9 Å². The molecule has 21 heavy (non-hydrogen) atoms. The lowest BCUT2D eigenvalue weighted by atomic mass is 10.1. The smallest absolute Gasteiger partial charge is 0.337 e. The van der Waals surface area contributed by atoms with Crippen LogP contribution >= 0.6 is 0 Å². The summed E-state index contributed by atoms with van der Waals surface area (Å²) in [4.78, 5) is 39.4. The molecule has 1 aromatic heterocycles. The number of nitrogens with one attached hydrogen (secondary N) is 1. The number of anilines is 1. The fourth-order valence-corrected chi connectivity index (χ4v) is 2.21. The summed E-state index contributed by atoms with van der Waals surface area (Å²) in [5.41, 5.74) is 1.31. The predicted molar refractivity (Wildman–Crippen MR) is 74.2 cm³/mol. The molecule has 106 valence electrons. The largest absolute Gasteiger partial charge is 0.478 e. The number of benzene rings is 1. The molecule has 1 fully saturated rings. The summed E-state index contributed by atoms with van der Waals surface area (Å²) < 4.78 is 0. The second-order valence-electron chi connectivity index (χ2n) is 4.66. The Kier molecular flexibility index (Phi) is 3.02. The molecule has 3 rings (SSSR count). The van der Waals surface area contributed by atoms with Crippen LogP contribution in [0.1, 0.15) is 16.8 Å². The highest BCUT2D eigenvalue weighted by molar-refractivity contribution is 6.06. The summed E-state index contributed by atoms with van der Waals surface area (Å²) in [6.45, 7) is 0.294. The van der Waals surface area contributed by atoms with Gasteiger partial charge in [-0.25, -0.2) is 9.59 Å². The van der Waals surface area contributed by atoms with E-state index in [1.54, 1.807) is 18.2 Å². The molecule has 0 radical (unpaired) electrons. The van der Waals surface area contributed by atoms with Crippen molar-refractivity contribution in [3.63, 3.8) is 0 Å². The molecule has 0 unspecified atom stereocenters. The highest BCUT2D eigenvalue weighted by Gasteiger charge is 2.24. The van der Waals surface area contributed by atoms with Crippen molar-refractivity contribution in [2.24, 2.45) is 0 Å². The van der Waals surface area contributed by atoms with Gasteiger partial charge in [0.2, 0.25) is 5.91 Å². The lowest BCUT2D eigenvalue weighted by Gasteiger charge is -2.26. The molecule has 7 heteroatoms. The lowest BCUT2D eigenvalue weighted by Crippen LogP contribution is -2.49. The fourth-order valence-electron chi connectivity index (χ4n) is 2.21. The van der Waals surface area contributed by atoms with E-state index < -0.39 is 12.0 Å². The molecule has 1 aliphatic rings. The molecule has 0 spiro atoms. The third kappa shape index (κ3) is 2.40. The summed E-state index contributed by atoms with van der Waals surface area (Å²) in [5.74, 6) is -1.36. The molecular weight excluding hydrogens is 274 g/mol. The van der Waals surface area contributed by atoms with Gasteiger partial charge in [0.25, 0.3) is 0 Å². The normalized spacial score (nSPS) is 15.1. The van der Waals surface area contributed by atoms with E-state index in [0.29, 0.717) is 23.1 Å². The monoisotopic (exact) mass is 285 g/mol. The van der Waals surface area contributed by atoms with E-state index in [0.717, 1.165) is 0 Å². The highest BCUT2D eigenvalue weighted by Crippen LogP contribution is 2.23. The highest BCUT2D eigenvalue weighted by atomic mass is 16.4. The van der Waals surface area contributed by atoms with Crippen LogP contribution in [0.4, 0.5) is 10.5 Å². The maximum atomic E-state index is 11.8. The molecule has 2 heterocycles. The number of pyridine rings is 1. The van der Waals surface area contributed by atoms with Crippen LogP contribution in [0.15, 0.2) is 30.5 Å². The number of imide groups is 1. The number of aromatic nitrogens is 1. The number of hydrogen-bond acceptors (Lipinski definition) is 4. The summed E-state index contributed by atoms with van der Waals surface area (Å²) in [5, 5.41) is 11.8. The fraction of sp³-hybridized carbons (Fsp3) is 0.143. The van der Waals surface area contributed by atoms with Crippen LogP contribution in [-0.2, 0) is 4.79 Å². The Labute approximate surface area is 119 Å². The molecule has 0 aliphatic carbocycles. The number of carbonyl (C=O) groups is 3. The third-order valence-electron chi connectivity index (χ3n) is 3.28. The number of aromatic carboxylic acids is 1. The Morgan fingerprint density at radius 3 is 2.81 bits per heavy atom. The van der Waals surface area contributed by atoms with Crippen molar-refractivity contribution in [2.75, 3.05) is 11.4 Å². The molecule has 2 N–H and O–H groups in total. The minimum absolute atomic E-state index is 0.0814. The minimum Gasteiger partial charge on any atom is -0.478 e. The predicted octanol–water partition coefficient (Wildman–Crippen LogP) is 1.38. The van der Waals surface area contributed by atoms with Gasteiger partial charge in [0, 0.05) is 30.2 Å². The quantitative estimate of drug-likeness (QED) is 0.868. The van der Waals surface area contributed by atoms with Crippen molar-refractivity contribution in [1.82, 2.24) is 10.3 Å². The first-order valence-electron chi connectivity index (χ1n) is 6.29. The van der Waals surface area contributed by atoms with Gasteiger partial charge in [-0.2, -0.15) is 0 Å². The number of rotatable bonds is 2. The SMILES string of the molecule is O=C1CCN(c2ccc3ncc(C(=O)O)cc3c2)C(=O)N1.